The Bertz CT molecular complexity index is 581. The molecule has 1 N–H and O–H groups in total. The van der Waals surface area contributed by atoms with Crippen molar-refractivity contribution < 1.29 is 19.4 Å². The third-order valence-corrected chi connectivity index (χ3v) is 5.89. The molecule has 0 spiro atoms. The van der Waals surface area contributed by atoms with Crippen LogP contribution in [0, 0.1) is 5.92 Å². The van der Waals surface area contributed by atoms with E-state index in [2.05, 4.69) is 19.1 Å². The monoisotopic (exact) mass is 332 g/mol. The molecular formula is C20H28O4. The van der Waals surface area contributed by atoms with E-state index < -0.39 is 5.97 Å². The van der Waals surface area contributed by atoms with Crippen LogP contribution in [0.2, 0.25) is 0 Å². The van der Waals surface area contributed by atoms with Gasteiger partial charge in [0.15, 0.2) is 11.5 Å². The van der Waals surface area contributed by atoms with Gasteiger partial charge < -0.3 is 14.6 Å². The van der Waals surface area contributed by atoms with E-state index in [1.165, 1.54) is 18.4 Å². The van der Waals surface area contributed by atoms with E-state index >= 15 is 0 Å². The Labute approximate surface area is 144 Å². The summed E-state index contributed by atoms with van der Waals surface area (Å²) in [7, 11) is 1.68. The number of carboxylic acid groups (broad SMARTS) is 1. The first-order valence-corrected chi connectivity index (χ1v) is 9.10. The van der Waals surface area contributed by atoms with Crippen LogP contribution in [0.25, 0.3) is 0 Å². The number of hydrogen-bond donors (Lipinski definition) is 1. The molecule has 2 aliphatic carbocycles. The average molecular weight is 332 g/mol. The van der Waals surface area contributed by atoms with Crippen LogP contribution in [0.5, 0.6) is 11.5 Å². The molecule has 4 nitrogen and oxygen atoms in total. The maximum atomic E-state index is 11.2. The molecule has 2 fully saturated rings. The Kier molecular flexibility index (Phi) is 5.02. The maximum absolute atomic E-state index is 11.2. The van der Waals surface area contributed by atoms with E-state index in [0.717, 1.165) is 50.0 Å². The predicted octanol–water partition coefficient (Wildman–Crippen LogP) is 4.55. The zero-order chi connectivity index (χ0) is 17.2. The van der Waals surface area contributed by atoms with Gasteiger partial charge in [0.05, 0.1) is 19.1 Å². The van der Waals surface area contributed by atoms with Gasteiger partial charge in [-0.3, -0.25) is 4.79 Å². The van der Waals surface area contributed by atoms with Gasteiger partial charge in [0.25, 0.3) is 0 Å². The number of carbonyl (C=O) groups is 1. The Balaban J connectivity index is 1.79. The fourth-order valence-electron chi connectivity index (χ4n) is 4.12. The largest absolute Gasteiger partial charge is 0.493 e. The number of ether oxygens (including phenoxy) is 2. The summed E-state index contributed by atoms with van der Waals surface area (Å²) in [5, 5.41) is 9.21. The molecule has 0 atom stereocenters. The minimum atomic E-state index is -0.656. The summed E-state index contributed by atoms with van der Waals surface area (Å²) < 4.78 is 11.7. The minimum Gasteiger partial charge on any atom is -0.493 e. The minimum absolute atomic E-state index is 0.0198. The lowest BCUT2D eigenvalue weighted by atomic mass is 9.68. The fourth-order valence-corrected chi connectivity index (χ4v) is 4.12. The highest BCUT2D eigenvalue weighted by molar-refractivity contribution is 5.70. The summed E-state index contributed by atoms with van der Waals surface area (Å²) in [6, 6.07) is 6.23. The molecule has 0 radical (unpaired) electrons. The second-order valence-electron chi connectivity index (χ2n) is 7.56. The van der Waals surface area contributed by atoms with Crippen molar-refractivity contribution in [2.24, 2.45) is 5.92 Å². The first-order chi connectivity index (χ1) is 11.5. The van der Waals surface area contributed by atoms with Crippen LogP contribution in [0.15, 0.2) is 18.2 Å². The molecule has 2 saturated carbocycles. The summed E-state index contributed by atoms with van der Waals surface area (Å²) in [4.78, 5) is 11.2. The molecule has 0 aliphatic heterocycles. The van der Waals surface area contributed by atoms with E-state index in [4.69, 9.17) is 9.47 Å². The number of benzene rings is 1. The number of aliphatic carboxylic acids is 1. The van der Waals surface area contributed by atoms with E-state index in [9.17, 15) is 9.90 Å². The molecule has 0 heterocycles. The summed E-state index contributed by atoms with van der Waals surface area (Å²) in [6.07, 6.45) is 8.30. The Morgan fingerprint density at radius 2 is 1.79 bits per heavy atom. The van der Waals surface area contributed by atoms with Crippen LogP contribution in [0.3, 0.4) is 0 Å². The number of rotatable bonds is 5. The second-order valence-corrected chi connectivity index (χ2v) is 7.56. The van der Waals surface area contributed by atoms with Gasteiger partial charge in [-0.25, -0.2) is 0 Å². The lowest BCUT2D eigenvalue weighted by Gasteiger charge is -2.37. The van der Waals surface area contributed by atoms with Crippen molar-refractivity contribution in [1.82, 2.24) is 0 Å². The summed E-state index contributed by atoms with van der Waals surface area (Å²) in [5.74, 6) is 0.777. The first kappa shape index (κ1) is 17.1. The van der Waals surface area contributed by atoms with Gasteiger partial charge in [-0.1, -0.05) is 13.0 Å². The van der Waals surface area contributed by atoms with E-state index in [1.807, 2.05) is 6.07 Å². The number of carboxylic acids is 1. The molecule has 4 heteroatoms. The van der Waals surface area contributed by atoms with E-state index in [0.29, 0.717) is 6.10 Å². The molecule has 1 aromatic rings. The zero-order valence-corrected chi connectivity index (χ0v) is 14.7. The molecule has 0 saturated heterocycles. The molecule has 0 unspecified atom stereocenters. The van der Waals surface area contributed by atoms with Gasteiger partial charge in [-0.05, 0) is 74.5 Å². The average Bonchev–Trinajstić information content (AvgIpc) is 3.08. The van der Waals surface area contributed by atoms with Crippen LogP contribution in [-0.4, -0.2) is 24.3 Å². The van der Waals surface area contributed by atoms with Crippen molar-refractivity contribution in [3.05, 3.63) is 23.8 Å². The van der Waals surface area contributed by atoms with Gasteiger partial charge >= 0.3 is 5.97 Å². The Hall–Kier alpha value is -1.71. The lowest BCUT2D eigenvalue weighted by Crippen LogP contribution is -2.31. The van der Waals surface area contributed by atoms with Crippen LogP contribution in [-0.2, 0) is 10.2 Å². The van der Waals surface area contributed by atoms with Crippen LogP contribution >= 0.6 is 0 Å². The summed E-state index contributed by atoms with van der Waals surface area (Å²) in [6.45, 7) is 2.24. The van der Waals surface area contributed by atoms with Crippen LogP contribution < -0.4 is 9.47 Å². The van der Waals surface area contributed by atoms with Gasteiger partial charge in [-0.15, -0.1) is 0 Å². The molecule has 0 amide bonds. The van der Waals surface area contributed by atoms with Crippen molar-refractivity contribution in [3.63, 3.8) is 0 Å². The van der Waals surface area contributed by atoms with Gasteiger partial charge in [0, 0.05) is 0 Å². The van der Waals surface area contributed by atoms with Crippen molar-refractivity contribution >= 4 is 5.97 Å². The Morgan fingerprint density at radius 3 is 2.38 bits per heavy atom. The molecule has 1 aromatic carbocycles. The first-order valence-electron chi connectivity index (χ1n) is 9.10. The zero-order valence-electron chi connectivity index (χ0n) is 14.7. The highest BCUT2D eigenvalue weighted by Gasteiger charge is 2.35. The SMILES string of the molecule is COc1ccc([C@]2(C)CC[C@@H](C(=O)O)CC2)cc1OC1CCCC1. The standard InChI is InChI=1S/C20H28O4/c1-20(11-9-14(10-12-20)19(21)22)15-7-8-17(23-2)18(13-15)24-16-5-3-4-6-16/h7-8,13-14,16H,3-6,9-12H2,1-2H3,(H,21,22)/t14-,20-. The van der Waals surface area contributed by atoms with E-state index in [1.54, 1.807) is 7.11 Å². The fraction of sp³-hybridized carbons (Fsp3) is 0.650. The highest BCUT2D eigenvalue weighted by Crippen LogP contribution is 2.44. The number of methoxy groups -OCH3 is 1. The molecule has 3 rings (SSSR count). The van der Waals surface area contributed by atoms with Crippen molar-refractivity contribution in [1.29, 1.82) is 0 Å². The molecule has 0 aromatic heterocycles. The highest BCUT2D eigenvalue weighted by atomic mass is 16.5. The van der Waals surface area contributed by atoms with Crippen molar-refractivity contribution in [3.8, 4) is 11.5 Å². The molecular weight excluding hydrogens is 304 g/mol. The second kappa shape index (κ2) is 7.04. The molecule has 0 bridgehead atoms. The third-order valence-electron chi connectivity index (χ3n) is 5.89. The van der Waals surface area contributed by atoms with Gasteiger partial charge in [0.2, 0.25) is 0 Å². The van der Waals surface area contributed by atoms with Crippen LogP contribution in [0.4, 0.5) is 0 Å². The van der Waals surface area contributed by atoms with Gasteiger partial charge in [0.1, 0.15) is 0 Å². The summed E-state index contributed by atoms with van der Waals surface area (Å²) >= 11 is 0. The van der Waals surface area contributed by atoms with Gasteiger partial charge in [-0.2, -0.15) is 0 Å². The molecule has 132 valence electrons. The third kappa shape index (κ3) is 3.52. The number of hydrogen-bond acceptors (Lipinski definition) is 3. The van der Waals surface area contributed by atoms with E-state index in [-0.39, 0.29) is 11.3 Å². The Morgan fingerprint density at radius 1 is 1.12 bits per heavy atom. The lowest BCUT2D eigenvalue weighted by molar-refractivity contribution is -0.143. The molecule has 2 aliphatic rings. The molecule has 24 heavy (non-hydrogen) atoms. The van der Waals surface area contributed by atoms with Crippen molar-refractivity contribution in [2.75, 3.05) is 7.11 Å². The van der Waals surface area contributed by atoms with Crippen molar-refractivity contribution in [2.45, 2.75) is 69.8 Å². The topological polar surface area (TPSA) is 55.8 Å². The smallest absolute Gasteiger partial charge is 0.306 e. The maximum Gasteiger partial charge on any atom is 0.306 e. The predicted molar refractivity (Wildman–Crippen MR) is 92.8 cm³/mol. The summed E-state index contributed by atoms with van der Waals surface area (Å²) in [5.41, 5.74) is 1.26. The van der Waals surface area contributed by atoms with Crippen LogP contribution in [0.1, 0.15) is 63.9 Å². The quantitative estimate of drug-likeness (QED) is 0.859. The normalized spacial score (nSPS) is 27.8.